The molecule has 0 aliphatic heterocycles. The van der Waals surface area contributed by atoms with Crippen LogP contribution in [-0.2, 0) is 13.0 Å². The van der Waals surface area contributed by atoms with Crippen LogP contribution in [0.4, 0.5) is 0 Å². The van der Waals surface area contributed by atoms with Crippen molar-refractivity contribution in [3.8, 4) is 0 Å². The first kappa shape index (κ1) is 14.7. The average molecular weight is 303 g/mol. The number of hydrogen-bond donors (Lipinski definition) is 1. The van der Waals surface area contributed by atoms with E-state index in [1.807, 2.05) is 6.20 Å². The van der Waals surface area contributed by atoms with Gasteiger partial charge in [0.15, 0.2) is 0 Å². The third-order valence-corrected chi connectivity index (χ3v) is 3.23. The Hall–Kier alpha value is -0.390. The number of nitrogens with zero attached hydrogens (tertiary/aromatic N) is 3. The third-order valence-electron chi connectivity index (χ3n) is 2.57. The van der Waals surface area contributed by atoms with Crippen LogP contribution in [-0.4, -0.2) is 47.9 Å². The van der Waals surface area contributed by atoms with E-state index in [1.54, 1.807) is 0 Å². The van der Waals surface area contributed by atoms with Gasteiger partial charge in [-0.1, -0.05) is 13.8 Å². The highest BCUT2D eigenvalue weighted by molar-refractivity contribution is 9.10. The minimum atomic E-state index is 0.534. The summed E-state index contributed by atoms with van der Waals surface area (Å²) < 4.78 is 3.20. The third kappa shape index (κ3) is 5.19. The van der Waals surface area contributed by atoms with E-state index in [-0.39, 0.29) is 0 Å². The maximum atomic E-state index is 4.40. The fourth-order valence-electron chi connectivity index (χ4n) is 1.60. The van der Waals surface area contributed by atoms with Crippen LogP contribution in [0, 0.1) is 0 Å². The van der Waals surface area contributed by atoms with Crippen molar-refractivity contribution in [3.63, 3.8) is 0 Å². The molecule has 1 aromatic heterocycles. The fourth-order valence-corrected chi connectivity index (χ4v) is 2.10. The molecule has 0 bridgehead atoms. The molecule has 0 radical (unpaired) electrons. The van der Waals surface area contributed by atoms with E-state index < -0.39 is 0 Å². The average Bonchev–Trinajstić information content (AvgIpc) is 2.57. The van der Waals surface area contributed by atoms with E-state index in [4.69, 9.17) is 0 Å². The summed E-state index contributed by atoms with van der Waals surface area (Å²) in [5.74, 6) is 0. The van der Waals surface area contributed by atoms with E-state index >= 15 is 0 Å². The van der Waals surface area contributed by atoms with E-state index in [2.05, 4.69) is 63.9 Å². The smallest absolute Gasteiger partial charge is 0.0635 e. The number of halogens is 1. The number of aromatic nitrogens is 2. The van der Waals surface area contributed by atoms with Crippen LogP contribution >= 0.6 is 15.9 Å². The lowest BCUT2D eigenvalue weighted by Crippen LogP contribution is -2.26. The molecule has 0 fully saturated rings. The van der Waals surface area contributed by atoms with Gasteiger partial charge >= 0.3 is 0 Å². The molecular formula is C12H23BrN4. The van der Waals surface area contributed by atoms with Crippen molar-refractivity contribution in [1.29, 1.82) is 0 Å². The monoisotopic (exact) mass is 302 g/mol. The van der Waals surface area contributed by atoms with Crippen LogP contribution in [0.5, 0.6) is 0 Å². The molecule has 5 heteroatoms. The van der Waals surface area contributed by atoms with E-state index in [0.717, 1.165) is 30.5 Å². The summed E-state index contributed by atoms with van der Waals surface area (Å²) in [6.07, 6.45) is 2.90. The summed E-state index contributed by atoms with van der Waals surface area (Å²) in [6.45, 7) is 7.27. The van der Waals surface area contributed by atoms with Crippen molar-refractivity contribution in [2.45, 2.75) is 32.9 Å². The Bertz CT molecular complexity index is 333. The minimum absolute atomic E-state index is 0.534. The minimum Gasteiger partial charge on any atom is -0.314 e. The molecule has 0 saturated carbocycles. The summed E-state index contributed by atoms with van der Waals surface area (Å²) in [6, 6.07) is 0.534. The molecular weight excluding hydrogens is 280 g/mol. The van der Waals surface area contributed by atoms with Crippen molar-refractivity contribution < 1.29 is 0 Å². The predicted octanol–water partition coefficient (Wildman–Crippen LogP) is 1.75. The SMILES string of the molecule is CC(C)NCCc1c(Br)cnn1CCN(C)C. The van der Waals surface area contributed by atoms with Crippen LogP contribution in [0.1, 0.15) is 19.5 Å². The highest BCUT2D eigenvalue weighted by Gasteiger charge is 2.08. The summed E-state index contributed by atoms with van der Waals surface area (Å²) in [5, 5.41) is 7.83. The lowest BCUT2D eigenvalue weighted by molar-refractivity contribution is 0.368. The van der Waals surface area contributed by atoms with Crippen molar-refractivity contribution in [3.05, 3.63) is 16.4 Å². The lowest BCUT2D eigenvalue weighted by Gasteiger charge is -2.13. The van der Waals surface area contributed by atoms with Crippen molar-refractivity contribution in [1.82, 2.24) is 20.0 Å². The second kappa shape index (κ2) is 7.13. The van der Waals surface area contributed by atoms with Gasteiger partial charge in [-0.3, -0.25) is 4.68 Å². The zero-order valence-electron chi connectivity index (χ0n) is 11.2. The molecule has 0 aromatic carbocycles. The van der Waals surface area contributed by atoms with Gasteiger partial charge in [-0.05, 0) is 30.0 Å². The summed E-state index contributed by atoms with van der Waals surface area (Å²) in [7, 11) is 4.16. The highest BCUT2D eigenvalue weighted by atomic mass is 79.9. The Labute approximate surface area is 113 Å². The van der Waals surface area contributed by atoms with Gasteiger partial charge in [-0.25, -0.2) is 0 Å². The number of likely N-dealkylation sites (N-methyl/N-ethyl adjacent to an activating group) is 1. The first-order chi connectivity index (χ1) is 8.00. The highest BCUT2D eigenvalue weighted by Crippen LogP contribution is 2.16. The maximum Gasteiger partial charge on any atom is 0.0635 e. The van der Waals surface area contributed by atoms with Crippen LogP contribution in [0.15, 0.2) is 10.7 Å². The van der Waals surface area contributed by atoms with Crippen LogP contribution in [0.25, 0.3) is 0 Å². The van der Waals surface area contributed by atoms with Crippen molar-refractivity contribution in [2.24, 2.45) is 0 Å². The van der Waals surface area contributed by atoms with Gasteiger partial charge in [0.1, 0.15) is 0 Å². The second-order valence-electron chi connectivity index (χ2n) is 4.82. The van der Waals surface area contributed by atoms with E-state index in [0.29, 0.717) is 6.04 Å². The van der Waals surface area contributed by atoms with Gasteiger partial charge in [0, 0.05) is 25.6 Å². The molecule has 1 N–H and O–H groups in total. The lowest BCUT2D eigenvalue weighted by atomic mass is 10.3. The van der Waals surface area contributed by atoms with E-state index in [9.17, 15) is 0 Å². The summed E-state index contributed by atoms with van der Waals surface area (Å²) in [4.78, 5) is 2.17. The molecule has 0 aliphatic rings. The molecule has 1 heterocycles. The molecule has 0 saturated heterocycles. The van der Waals surface area contributed by atoms with Crippen LogP contribution in [0.3, 0.4) is 0 Å². The van der Waals surface area contributed by atoms with Gasteiger partial charge in [-0.2, -0.15) is 5.10 Å². The Balaban J connectivity index is 2.53. The van der Waals surface area contributed by atoms with Gasteiger partial charge in [0.2, 0.25) is 0 Å². The molecule has 4 nitrogen and oxygen atoms in total. The molecule has 0 spiro atoms. The normalized spacial score (nSPS) is 11.7. The predicted molar refractivity (Wildman–Crippen MR) is 75.3 cm³/mol. The molecule has 17 heavy (non-hydrogen) atoms. The second-order valence-corrected chi connectivity index (χ2v) is 5.68. The first-order valence-electron chi connectivity index (χ1n) is 6.09. The molecule has 1 aromatic rings. The zero-order valence-corrected chi connectivity index (χ0v) is 12.8. The molecule has 0 aliphatic carbocycles. The Morgan fingerprint density at radius 1 is 1.47 bits per heavy atom. The van der Waals surface area contributed by atoms with Crippen LogP contribution < -0.4 is 5.32 Å². The number of nitrogens with one attached hydrogen (secondary N) is 1. The van der Waals surface area contributed by atoms with Crippen molar-refractivity contribution in [2.75, 3.05) is 27.2 Å². The molecule has 0 atom stereocenters. The molecule has 0 unspecified atom stereocenters. The number of hydrogen-bond acceptors (Lipinski definition) is 3. The van der Waals surface area contributed by atoms with Gasteiger partial charge < -0.3 is 10.2 Å². The quantitative estimate of drug-likeness (QED) is 0.833. The Morgan fingerprint density at radius 2 is 2.18 bits per heavy atom. The first-order valence-corrected chi connectivity index (χ1v) is 6.88. The molecule has 0 amide bonds. The summed E-state index contributed by atoms with van der Waals surface area (Å²) >= 11 is 3.57. The number of rotatable bonds is 7. The Morgan fingerprint density at radius 3 is 2.76 bits per heavy atom. The summed E-state index contributed by atoms with van der Waals surface area (Å²) in [5.41, 5.74) is 1.28. The topological polar surface area (TPSA) is 33.1 Å². The van der Waals surface area contributed by atoms with Crippen molar-refractivity contribution >= 4 is 15.9 Å². The van der Waals surface area contributed by atoms with Gasteiger partial charge in [0.05, 0.1) is 22.9 Å². The molecule has 98 valence electrons. The maximum absolute atomic E-state index is 4.40. The fraction of sp³-hybridized carbons (Fsp3) is 0.750. The van der Waals surface area contributed by atoms with Crippen LogP contribution in [0.2, 0.25) is 0 Å². The van der Waals surface area contributed by atoms with E-state index in [1.165, 1.54) is 5.69 Å². The zero-order chi connectivity index (χ0) is 12.8. The van der Waals surface area contributed by atoms with Gasteiger partial charge in [0.25, 0.3) is 0 Å². The largest absolute Gasteiger partial charge is 0.314 e. The van der Waals surface area contributed by atoms with Gasteiger partial charge in [-0.15, -0.1) is 0 Å². The standard InChI is InChI=1S/C12H23BrN4/c1-10(2)14-6-5-12-11(13)9-15-17(12)8-7-16(3)4/h9-10,14H,5-8H2,1-4H3. The molecule has 1 rings (SSSR count). The Kier molecular flexibility index (Phi) is 6.16.